The number of amides is 3. The van der Waals surface area contributed by atoms with Crippen LogP contribution in [0.5, 0.6) is 0 Å². The number of nitrogens with one attached hydrogen (secondary N) is 2. The van der Waals surface area contributed by atoms with Gasteiger partial charge in [-0.2, -0.15) is 0 Å². The van der Waals surface area contributed by atoms with E-state index in [2.05, 4.69) is 10.6 Å². The summed E-state index contributed by atoms with van der Waals surface area (Å²) in [6, 6.07) is 14.8. The van der Waals surface area contributed by atoms with Crippen LogP contribution in [0.15, 0.2) is 48.5 Å². The van der Waals surface area contributed by atoms with Gasteiger partial charge in [0.05, 0.1) is 6.54 Å². The number of hydrogen-bond donors (Lipinski definition) is 2. The SMILES string of the molecule is CN(C)C(=O)CCc1cccc(NC(=O)CNc2cccc(C(=O)N3CCCCC3)c2)c1. The number of benzene rings is 2. The van der Waals surface area contributed by atoms with E-state index in [1.54, 1.807) is 25.1 Å². The molecule has 7 heteroatoms. The minimum atomic E-state index is -0.181. The number of carbonyl (C=O) groups is 3. The zero-order valence-electron chi connectivity index (χ0n) is 18.9. The third-order valence-corrected chi connectivity index (χ3v) is 5.54. The maximum absolute atomic E-state index is 12.7. The first kappa shape index (κ1) is 23.3. The molecule has 1 heterocycles. The minimum absolute atomic E-state index is 0.0439. The molecule has 170 valence electrons. The normalized spacial score (nSPS) is 13.4. The Labute approximate surface area is 189 Å². The molecule has 0 radical (unpaired) electrons. The molecule has 1 saturated heterocycles. The predicted molar refractivity (Wildman–Crippen MR) is 127 cm³/mol. The third-order valence-electron chi connectivity index (χ3n) is 5.54. The van der Waals surface area contributed by atoms with Crippen molar-refractivity contribution in [3.8, 4) is 0 Å². The van der Waals surface area contributed by atoms with Crippen LogP contribution in [0.3, 0.4) is 0 Å². The predicted octanol–water partition coefficient (Wildman–Crippen LogP) is 3.38. The van der Waals surface area contributed by atoms with Crippen molar-refractivity contribution < 1.29 is 14.4 Å². The standard InChI is InChI=1S/C25H32N4O3/c1-28(2)24(31)13-12-19-8-6-11-22(16-19)27-23(30)18-26-21-10-7-9-20(17-21)25(32)29-14-4-3-5-15-29/h6-11,16-17,26H,3-5,12-15,18H2,1-2H3,(H,27,30). The molecule has 0 aliphatic carbocycles. The summed E-state index contributed by atoms with van der Waals surface area (Å²) in [6.07, 6.45) is 4.33. The Morgan fingerprint density at radius 3 is 2.41 bits per heavy atom. The van der Waals surface area contributed by atoms with Gasteiger partial charge in [-0.05, 0) is 61.6 Å². The lowest BCUT2D eigenvalue weighted by Gasteiger charge is -2.26. The molecule has 1 fully saturated rings. The zero-order chi connectivity index (χ0) is 22.9. The van der Waals surface area contributed by atoms with Crippen LogP contribution in [-0.2, 0) is 16.0 Å². The van der Waals surface area contributed by atoms with Crippen LogP contribution in [0.1, 0.15) is 41.6 Å². The molecule has 0 spiro atoms. The van der Waals surface area contributed by atoms with Gasteiger partial charge in [0.15, 0.2) is 0 Å². The third kappa shape index (κ3) is 6.83. The van der Waals surface area contributed by atoms with Gasteiger partial charge in [-0.15, -0.1) is 0 Å². The summed E-state index contributed by atoms with van der Waals surface area (Å²) in [4.78, 5) is 40.4. The Balaban J connectivity index is 1.51. The fourth-order valence-corrected chi connectivity index (χ4v) is 3.71. The van der Waals surface area contributed by atoms with Crippen molar-refractivity contribution in [1.29, 1.82) is 0 Å². The first-order valence-corrected chi connectivity index (χ1v) is 11.1. The van der Waals surface area contributed by atoms with Gasteiger partial charge < -0.3 is 20.4 Å². The lowest BCUT2D eigenvalue weighted by atomic mass is 10.1. The second-order valence-electron chi connectivity index (χ2n) is 8.32. The lowest BCUT2D eigenvalue weighted by Crippen LogP contribution is -2.35. The molecule has 2 aromatic carbocycles. The van der Waals surface area contributed by atoms with Gasteiger partial charge in [-0.3, -0.25) is 14.4 Å². The van der Waals surface area contributed by atoms with Crippen molar-refractivity contribution in [2.45, 2.75) is 32.1 Å². The molecule has 2 aromatic rings. The zero-order valence-corrected chi connectivity index (χ0v) is 18.9. The van der Waals surface area contributed by atoms with Gasteiger partial charge in [-0.25, -0.2) is 0 Å². The molecule has 0 unspecified atom stereocenters. The molecular formula is C25H32N4O3. The highest BCUT2D eigenvalue weighted by Gasteiger charge is 2.18. The number of piperidine rings is 1. The van der Waals surface area contributed by atoms with Gasteiger partial charge in [0.2, 0.25) is 11.8 Å². The summed E-state index contributed by atoms with van der Waals surface area (Å²) in [6.45, 7) is 1.70. The Kier molecular flexibility index (Phi) is 8.25. The lowest BCUT2D eigenvalue weighted by molar-refractivity contribution is -0.128. The van der Waals surface area contributed by atoms with Crippen LogP contribution in [-0.4, -0.2) is 61.3 Å². The molecular weight excluding hydrogens is 404 g/mol. The van der Waals surface area contributed by atoms with Crippen LogP contribution in [0.2, 0.25) is 0 Å². The quantitative estimate of drug-likeness (QED) is 0.665. The van der Waals surface area contributed by atoms with Gasteiger partial charge in [0.1, 0.15) is 0 Å². The highest BCUT2D eigenvalue weighted by molar-refractivity contribution is 5.96. The highest BCUT2D eigenvalue weighted by atomic mass is 16.2. The molecule has 3 rings (SSSR count). The van der Waals surface area contributed by atoms with E-state index in [1.165, 1.54) is 6.42 Å². The van der Waals surface area contributed by atoms with E-state index in [4.69, 9.17) is 0 Å². The van der Waals surface area contributed by atoms with E-state index in [0.29, 0.717) is 24.1 Å². The van der Waals surface area contributed by atoms with Crippen molar-refractivity contribution in [1.82, 2.24) is 9.80 Å². The first-order valence-electron chi connectivity index (χ1n) is 11.1. The van der Waals surface area contributed by atoms with Crippen molar-refractivity contribution in [2.24, 2.45) is 0 Å². The second kappa shape index (κ2) is 11.3. The highest BCUT2D eigenvalue weighted by Crippen LogP contribution is 2.17. The van der Waals surface area contributed by atoms with Gasteiger partial charge in [-0.1, -0.05) is 18.2 Å². The summed E-state index contributed by atoms with van der Waals surface area (Å²) in [5, 5.41) is 5.98. The molecule has 3 amide bonds. The topological polar surface area (TPSA) is 81.8 Å². The number of hydrogen-bond acceptors (Lipinski definition) is 4. The Hall–Kier alpha value is -3.35. The molecule has 2 N–H and O–H groups in total. The Morgan fingerprint density at radius 2 is 1.66 bits per heavy atom. The van der Waals surface area contributed by atoms with Crippen LogP contribution in [0.25, 0.3) is 0 Å². The number of rotatable bonds is 8. The molecule has 32 heavy (non-hydrogen) atoms. The van der Waals surface area contributed by atoms with Crippen molar-refractivity contribution in [3.63, 3.8) is 0 Å². The fraction of sp³-hybridized carbons (Fsp3) is 0.400. The van der Waals surface area contributed by atoms with Crippen LogP contribution < -0.4 is 10.6 Å². The van der Waals surface area contributed by atoms with E-state index in [9.17, 15) is 14.4 Å². The van der Waals surface area contributed by atoms with E-state index >= 15 is 0 Å². The average Bonchev–Trinajstić information content (AvgIpc) is 2.81. The van der Waals surface area contributed by atoms with Gasteiger partial charge >= 0.3 is 0 Å². The molecule has 0 bridgehead atoms. The summed E-state index contributed by atoms with van der Waals surface area (Å²) in [5.74, 6) is -0.0636. The van der Waals surface area contributed by atoms with Crippen LogP contribution in [0, 0.1) is 0 Å². The Morgan fingerprint density at radius 1 is 0.938 bits per heavy atom. The second-order valence-corrected chi connectivity index (χ2v) is 8.32. The van der Waals surface area contributed by atoms with E-state index in [1.807, 2.05) is 47.4 Å². The number of carbonyl (C=O) groups excluding carboxylic acids is 3. The summed E-state index contributed by atoms with van der Waals surface area (Å²) >= 11 is 0. The average molecular weight is 437 g/mol. The molecule has 0 aromatic heterocycles. The number of likely N-dealkylation sites (tertiary alicyclic amines) is 1. The molecule has 0 atom stereocenters. The van der Waals surface area contributed by atoms with Crippen molar-refractivity contribution >= 4 is 29.1 Å². The summed E-state index contributed by atoms with van der Waals surface area (Å²) in [5.41, 5.74) is 3.06. The molecule has 0 saturated carbocycles. The number of aryl methyl sites for hydroxylation is 1. The maximum Gasteiger partial charge on any atom is 0.253 e. The maximum atomic E-state index is 12.7. The molecule has 1 aliphatic rings. The molecule has 1 aliphatic heterocycles. The van der Waals surface area contributed by atoms with Gasteiger partial charge in [0, 0.05) is 50.5 Å². The smallest absolute Gasteiger partial charge is 0.253 e. The number of anilines is 2. The van der Waals surface area contributed by atoms with Crippen LogP contribution in [0.4, 0.5) is 11.4 Å². The first-order chi connectivity index (χ1) is 15.4. The van der Waals surface area contributed by atoms with Crippen molar-refractivity contribution in [2.75, 3.05) is 44.4 Å². The van der Waals surface area contributed by atoms with Crippen LogP contribution >= 0.6 is 0 Å². The fourth-order valence-electron chi connectivity index (χ4n) is 3.71. The van der Waals surface area contributed by atoms with Gasteiger partial charge in [0.25, 0.3) is 5.91 Å². The van der Waals surface area contributed by atoms with E-state index in [-0.39, 0.29) is 24.3 Å². The number of nitrogens with zero attached hydrogens (tertiary/aromatic N) is 2. The monoisotopic (exact) mass is 436 g/mol. The Bertz CT molecular complexity index is 952. The summed E-state index contributed by atoms with van der Waals surface area (Å²) < 4.78 is 0. The minimum Gasteiger partial charge on any atom is -0.376 e. The van der Waals surface area contributed by atoms with Crippen molar-refractivity contribution in [3.05, 3.63) is 59.7 Å². The van der Waals surface area contributed by atoms with E-state index in [0.717, 1.165) is 37.2 Å². The summed E-state index contributed by atoms with van der Waals surface area (Å²) in [7, 11) is 3.48. The molecule has 7 nitrogen and oxygen atoms in total. The largest absolute Gasteiger partial charge is 0.376 e. The van der Waals surface area contributed by atoms with E-state index < -0.39 is 0 Å².